The maximum Gasteiger partial charge on any atom is 0.358 e. The Morgan fingerprint density at radius 3 is 2.89 bits per heavy atom. The molecule has 0 saturated carbocycles. The highest BCUT2D eigenvalue weighted by Gasteiger charge is 2.28. The Hall–Kier alpha value is -1.96. The number of rotatable bonds is 6. The van der Waals surface area contributed by atoms with Crippen molar-refractivity contribution < 1.29 is 14.7 Å². The molecule has 0 radical (unpaired) electrons. The van der Waals surface area contributed by atoms with Crippen molar-refractivity contribution >= 4 is 11.9 Å². The van der Waals surface area contributed by atoms with Crippen molar-refractivity contribution in [2.75, 3.05) is 19.6 Å². The minimum atomic E-state index is -1.11. The Labute approximate surface area is 110 Å². The number of aromatic carboxylic acids is 1. The van der Waals surface area contributed by atoms with Crippen molar-refractivity contribution in [2.45, 2.75) is 13.5 Å². The molecule has 0 spiro atoms. The molecule has 19 heavy (non-hydrogen) atoms. The molecule has 1 atom stereocenters. The predicted molar refractivity (Wildman–Crippen MR) is 65.5 cm³/mol. The monoisotopic (exact) mass is 267 g/mol. The van der Waals surface area contributed by atoms with Crippen LogP contribution in [-0.2, 0) is 11.3 Å². The van der Waals surface area contributed by atoms with Gasteiger partial charge < -0.3 is 15.7 Å². The third kappa shape index (κ3) is 3.28. The van der Waals surface area contributed by atoms with E-state index in [1.807, 2.05) is 6.92 Å². The van der Waals surface area contributed by atoms with Crippen molar-refractivity contribution in [3.05, 3.63) is 11.9 Å². The number of nitrogens with one attached hydrogen (secondary N) is 2. The smallest absolute Gasteiger partial charge is 0.358 e. The summed E-state index contributed by atoms with van der Waals surface area (Å²) < 4.78 is 1.40. The topological polar surface area (TPSA) is 109 Å². The van der Waals surface area contributed by atoms with Crippen LogP contribution in [-0.4, -0.2) is 51.6 Å². The number of amides is 1. The van der Waals surface area contributed by atoms with Gasteiger partial charge in [0.1, 0.15) is 0 Å². The fourth-order valence-corrected chi connectivity index (χ4v) is 1.84. The number of aromatic nitrogens is 3. The predicted octanol–water partition coefficient (Wildman–Crippen LogP) is -1.05. The summed E-state index contributed by atoms with van der Waals surface area (Å²) in [5.74, 6) is -0.692. The number of carboxylic acid groups (broad SMARTS) is 1. The number of hydrogen-bond donors (Lipinski definition) is 3. The van der Waals surface area contributed by atoms with E-state index in [1.54, 1.807) is 0 Å². The fourth-order valence-electron chi connectivity index (χ4n) is 1.84. The highest BCUT2D eigenvalue weighted by molar-refractivity contribution is 5.84. The zero-order valence-electron chi connectivity index (χ0n) is 10.7. The molecule has 8 heteroatoms. The lowest BCUT2D eigenvalue weighted by atomic mass is 9.88. The molecule has 0 aromatic carbocycles. The number of carbonyl (C=O) groups excluding carboxylic acids is 1. The van der Waals surface area contributed by atoms with Crippen LogP contribution in [0.1, 0.15) is 17.4 Å². The summed E-state index contributed by atoms with van der Waals surface area (Å²) in [6.45, 7) is 4.51. The maximum absolute atomic E-state index is 11.8. The van der Waals surface area contributed by atoms with Gasteiger partial charge in [-0.15, -0.1) is 5.10 Å². The second kappa shape index (κ2) is 5.79. The molecule has 1 aliphatic rings. The lowest BCUT2D eigenvalue weighted by Crippen LogP contribution is -2.49. The molecule has 0 bridgehead atoms. The first-order valence-electron chi connectivity index (χ1n) is 6.20. The molecular formula is C11H17N5O3. The normalized spacial score (nSPS) is 16.7. The minimum absolute atomic E-state index is 0.00780. The SMILES string of the molecule is CC(C(=O)NCCn1cc(C(=O)O)nn1)C1CNC1. The van der Waals surface area contributed by atoms with Crippen LogP contribution < -0.4 is 10.6 Å². The Bertz CT molecular complexity index is 469. The van der Waals surface area contributed by atoms with Crippen molar-refractivity contribution in [1.82, 2.24) is 25.6 Å². The van der Waals surface area contributed by atoms with Gasteiger partial charge in [-0.25, -0.2) is 9.48 Å². The molecule has 1 aromatic rings. The zero-order chi connectivity index (χ0) is 13.8. The van der Waals surface area contributed by atoms with Gasteiger partial charge in [0, 0.05) is 12.5 Å². The van der Waals surface area contributed by atoms with Crippen LogP contribution in [0.15, 0.2) is 6.20 Å². The average Bonchev–Trinajstić information content (AvgIpc) is 2.75. The number of carboxylic acids is 1. The van der Waals surface area contributed by atoms with E-state index in [4.69, 9.17) is 5.11 Å². The van der Waals surface area contributed by atoms with Crippen molar-refractivity contribution in [1.29, 1.82) is 0 Å². The first-order chi connectivity index (χ1) is 9.08. The number of nitrogens with zero attached hydrogens (tertiary/aromatic N) is 3. The van der Waals surface area contributed by atoms with Crippen molar-refractivity contribution in [3.8, 4) is 0 Å². The first-order valence-corrected chi connectivity index (χ1v) is 6.20. The van der Waals surface area contributed by atoms with Gasteiger partial charge in [0.25, 0.3) is 0 Å². The van der Waals surface area contributed by atoms with Gasteiger partial charge in [0.2, 0.25) is 5.91 Å². The Morgan fingerprint density at radius 1 is 1.63 bits per heavy atom. The highest BCUT2D eigenvalue weighted by Crippen LogP contribution is 2.15. The summed E-state index contributed by atoms with van der Waals surface area (Å²) in [6.07, 6.45) is 1.34. The molecule has 0 aliphatic carbocycles. The van der Waals surface area contributed by atoms with Crippen LogP contribution in [0, 0.1) is 11.8 Å². The molecule has 2 heterocycles. The van der Waals surface area contributed by atoms with E-state index < -0.39 is 5.97 Å². The third-order valence-corrected chi connectivity index (χ3v) is 3.33. The van der Waals surface area contributed by atoms with E-state index in [1.165, 1.54) is 10.9 Å². The molecule has 1 amide bonds. The molecule has 1 saturated heterocycles. The first kappa shape index (κ1) is 13.5. The number of hydrogen-bond acceptors (Lipinski definition) is 5. The second-order valence-electron chi connectivity index (χ2n) is 4.67. The van der Waals surface area contributed by atoms with Crippen LogP contribution in [0.5, 0.6) is 0 Å². The minimum Gasteiger partial charge on any atom is -0.476 e. The molecule has 3 N–H and O–H groups in total. The Kier molecular flexibility index (Phi) is 4.10. The summed E-state index contributed by atoms with van der Waals surface area (Å²) in [5.41, 5.74) is -0.0970. The van der Waals surface area contributed by atoms with Crippen LogP contribution in [0.4, 0.5) is 0 Å². The lowest BCUT2D eigenvalue weighted by Gasteiger charge is -2.31. The van der Waals surface area contributed by atoms with Gasteiger partial charge in [0.15, 0.2) is 5.69 Å². The second-order valence-corrected chi connectivity index (χ2v) is 4.67. The molecule has 104 valence electrons. The summed E-state index contributed by atoms with van der Waals surface area (Å²) >= 11 is 0. The fraction of sp³-hybridized carbons (Fsp3) is 0.636. The van der Waals surface area contributed by atoms with E-state index in [-0.39, 0.29) is 17.5 Å². The van der Waals surface area contributed by atoms with Crippen molar-refractivity contribution in [3.63, 3.8) is 0 Å². The van der Waals surface area contributed by atoms with E-state index in [2.05, 4.69) is 20.9 Å². The van der Waals surface area contributed by atoms with E-state index in [0.29, 0.717) is 19.0 Å². The van der Waals surface area contributed by atoms with Gasteiger partial charge in [-0.3, -0.25) is 4.79 Å². The van der Waals surface area contributed by atoms with E-state index in [0.717, 1.165) is 13.1 Å². The molecule has 1 unspecified atom stereocenters. The van der Waals surface area contributed by atoms with E-state index >= 15 is 0 Å². The lowest BCUT2D eigenvalue weighted by molar-refractivity contribution is -0.126. The van der Waals surface area contributed by atoms with Gasteiger partial charge in [-0.05, 0) is 19.0 Å². The number of carbonyl (C=O) groups is 2. The Balaban J connectivity index is 1.73. The van der Waals surface area contributed by atoms with E-state index in [9.17, 15) is 9.59 Å². The van der Waals surface area contributed by atoms with Gasteiger partial charge in [0.05, 0.1) is 12.7 Å². The summed E-state index contributed by atoms with van der Waals surface area (Å²) in [4.78, 5) is 22.4. The molecule has 1 fully saturated rings. The van der Waals surface area contributed by atoms with Gasteiger partial charge in [-0.2, -0.15) is 0 Å². The largest absolute Gasteiger partial charge is 0.476 e. The van der Waals surface area contributed by atoms with Crippen LogP contribution in [0.3, 0.4) is 0 Å². The molecule has 2 rings (SSSR count). The summed E-state index contributed by atoms with van der Waals surface area (Å²) in [7, 11) is 0. The Morgan fingerprint density at radius 2 is 2.37 bits per heavy atom. The standard InChI is InChI=1S/C11H17N5O3/c1-7(8-4-12-5-8)10(17)13-2-3-16-6-9(11(18)19)14-15-16/h6-8,12H,2-5H2,1H3,(H,13,17)(H,18,19). The van der Waals surface area contributed by atoms with Gasteiger partial charge in [-0.1, -0.05) is 12.1 Å². The van der Waals surface area contributed by atoms with Gasteiger partial charge >= 0.3 is 5.97 Å². The zero-order valence-corrected chi connectivity index (χ0v) is 10.7. The third-order valence-electron chi connectivity index (χ3n) is 3.33. The van der Waals surface area contributed by atoms with Crippen LogP contribution >= 0.6 is 0 Å². The summed E-state index contributed by atoms with van der Waals surface area (Å²) in [6, 6.07) is 0. The molecule has 1 aromatic heterocycles. The van der Waals surface area contributed by atoms with Crippen molar-refractivity contribution in [2.24, 2.45) is 11.8 Å². The maximum atomic E-state index is 11.8. The molecule has 8 nitrogen and oxygen atoms in total. The van der Waals surface area contributed by atoms with Crippen LogP contribution in [0.25, 0.3) is 0 Å². The average molecular weight is 267 g/mol. The molecular weight excluding hydrogens is 250 g/mol. The van der Waals surface area contributed by atoms with Crippen LogP contribution in [0.2, 0.25) is 0 Å². The quantitative estimate of drug-likeness (QED) is 0.606. The summed E-state index contributed by atoms with van der Waals surface area (Å²) in [5, 5.41) is 21.8. The highest BCUT2D eigenvalue weighted by atomic mass is 16.4. The molecule has 1 aliphatic heterocycles.